The number of carbonyl (C=O) groups excluding carboxylic acids is 1. The van der Waals surface area contributed by atoms with E-state index >= 15 is 0 Å². The second-order valence-corrected chi connectivity index (χ2v) is 6.23. The van der Waals surface area contributed by atoms with E-state index in [1.807, 2.05) is 6.92 Å². The Labute approximate surface area is 118 Å². The fourth-order valence-electron chi connectivity index (χ4n) is 1.70. The lowest BCUT2D eigenvalue weighted by molar-refractivity contribution is 0.0953. The number of hydrogen-bond acceptors (Lipinski definition) is 5. The summed E-state index contributed by atoms with van der Waals surface area (Å²) in [7, 11) is -3.49. The highest BCUT2D eigenvalue weighted by molar-refractivity contribution is 7.89. The molecule has 0 spiro atoms. The van der Waals surface area contributed by atoms with Crippen molar-refractivity contribution in [3.8, 4) is 0 Å². The number of nitrogens with two attached hydrogens (primary N) is 2. The topological polar surface area (TPSA) is 128 Å². The fourth-order valence-corrected chi connectivity index (χ4v) is 2.25. The van der Waals surface area contributed by atoms with Gasteiger partial charge in [-0.25, -0.2) is 18.5 Å². The van der Waals surface area contributed by atoms with Gasteiger partial charge in [0.25, 0.3) is 5.91 Å². The van der Waals surface area contributed by atoms with E-state index < -0.39 is 10.0 Å². The van der Waals surface area contributed by atoms with Crippen molar-refractivity contribution in [2.45, 2.75) is 26.2 Å². The number of amides is 1. The molecule has 1 amide bonds. The highest BCUT2D eigenvalue weighted by Crippen LogP contribution is 2.09. The third-order valence-electron chi connectivity index (χ3n) is 2.56. The molecule has 1 aromatic rings. The standard InChI is InChI=1S/C12H20N4O3S/c1-2-4-10-7-9(8-11(13)16-10)12(17)15-5-3-6-20(14,18)19/h7-8H,2-6H2,1H3,(H2,13,16)(H,15,17)(H2,14,18,19). The minimum Gasteiger partial charge on any atom is -0.384 e. The van der Waals surface area contributed by atoms with Crippen LogP contribution < -0.4 is 16.2 Å². The van der Waals surface area contributed by atoms with Gasteiger partial charge in [0.1, 0.15) is 5.82 Å². The quantitative estimate of drug-likeness (QED) is 0.612. The number of sulfonamides is 1. The minimum absolute atomic E-state index is 0.160. The van der Waals surface area contributed by atoms with Crippen molar-refractivity contribution >= 4 is 21.7 Å². The van der Waals surface area contributed by atoms with Gasteiger partial charge in [-0.1, -0.05) is 13.3 Å². The van der Waals surface area contributed by atoms with E-state index in [-0.39, 0.29) is 24.6 Å². The maximum atomic E-state index is 11.9. The van der Waals surface area contributed by atoms with Crippen LogP contribution in [0.1, 0.15) is 35.8 Å². The van der Waals surface area contributed by atoms with Crippen molar-refractivity contribution in [3.63, 3.8) is 0 Å². The molecule has 7 nitrogen and oxygen atoms in total. The van der Waals surface area contributed by atoms with Crippen LogP contribution in [0.2, 0.25) is 0 Å². The van der Waals surface area contributed by atoms with Crippen molar-refractivity contribution in [3.05, 3.63) is 23.4 Å². The van der Waals surface area contributed by atoms with Gasteiger partial charge in [0.2, 0.25) is 10.0 Å². The summed E-state index contributed by atoms with van der Waals surface area (Å²) in [5, 5.41) is 7.50. The van der Waals surface area contributed by atoms with Crippen molar-refractivity contribution in [2.24, 2.45) is 5.14 Å². The average molecular weight is 300 g/mol. The maximum Gasteiger partial charge on any atom is 0.251 e. The fraction of sp³-hybridized carbons (Fsp3) is 0.500. The number of aryl methyl sites for hydroxylation is 1. The van der Waals surface area contributed by atoms with Crippen LogP contribution in [-0.2, 0) is 16.4 Å². The van der Waals surface area contributed by atoms with Gasteiger partial charge in [0.15, 0.2) is 0 Å². The molecule has 0 radical (unpaired) electrons. The van der Waals surface area contributed by atoms with E-state index in [9.17, 15) is 13.2 Å². The normalized spacial score (nSPS) is 11.3. The Morgan fingerprint density at radius 3 is 2.70 bits per heavy atom. The van der Waals surface area contributed by atoms with Crippen LogP contribution in [0.4, 0.5) is 5.82 Å². The summed E-state index contributed by atoms with van der Waals surface area (Å²) in [5.74, 6) is -0.163. The zero-order chi connectivity index (χ0) is 15.2. The molecule has 0 unspecified atom stereocenters. The van der Waals surface area contributed by atoms with Gasteiger partial charge in [-0.2, -0.15) is 0 Å². The van der Waals surface area contributed by atoms with E-state index in [1.54, 1.807) is 6.07 Å². The Bertz CT molecular complexity index is 572. The van der Waals surface area contributed by atoms with Crippen LogP contribution in [0.3, 0.4) is 0 Å². The highest BCUT2D eigenvalue weighted by Gasteiger charge is 2.09. The van der Waals surface area contributed by atoms with Crippen LogP contribution >= 0.6 is 0 Å². The molecule has 5 N–H and O–H groups in total. The van der Waals surface area contributed by atoms with Gasteiger partial charge in [0.05, 0.1) is 5.75 Å². The number of aromatic nitrogens is 1. The first-order valence-corrected chi connectivity index (χ1v) is 8.08. The number of rotatable bonds is 7. The summed E-state index contributed by atoms with van der Waals surface area (Å²) < 4.78 is 21.5. The molecular formula is C12H20N4O3S. The van der Waals surface area contributed by atoms with Crippen LogP contribution in [0, 0.1) is 0 Å². The summed E-state index contributed by atoms with van der Waals surface area (Å²) in [4.78, 5) is 16.0. The molecule has 0 saturated heterocycles. The van der Waals surface area contributed by atoms with E-state index in [0.29, 0.717) is 11.4 Å². The maximum absolute atomic E-state index is 11.9. The summed E-state index contributed by atoms with van der Waals surface area (Å²) in [6.45, 7) is 2.25. The van der Waals surface area contributed by atoms with E-state index in [0.717, 1.165) is 18.5 Å². The lowest BCUT2D eigenvalue weighted by Gasteiger charge is -2.07. The molecule has 112 valence electrons. The Kier molecular flexibility index (Phi) is 5.90. The number of hydrogen-bond donors (Lipinski definition) is 3. The molecule has 1 heterocycles. The van der Waals surface area contributed by atoms with E-state index in [2.05, 4.69) is 10.3 Å². The molecule has 1 aromatic heterocycles. The lowest BCUT2D eigenvalue weighted by atomic mass is 10.1. The average Bonchev–Trinajstić information content (AvgIpc) is 2.33. The zero-order valence-electron chi connectivity index (χ0n) is 11.4. The van der Waals surface area contributed by atoms with Gasteiger partial charge in [-0.3, -0.25) is 4.79 Å². The van der Waals surface area contributed by atoms with Crippen molar-refractivity contribution in [1.29, 1.82) is 0 Å². The molecule has 0 fully saturated rings. The zero-order valence-corrected chi connectivity index (χ0v) is 12.2. The summed E-state index contributed by atoms with van der Waals surface area (Å²) >= 11 is 0. The molecule has 20 heavy (non-hydrogen) atoms. The number of primary sulfonamides is 1. The third-order valence-corrected chi connectivity index (χ3v) is 3.42. The number of nitrogen functional groups attached to an aromatic ring is 1. The summed E-state index contributed by atoms with van der Waals surface area (Å²) in [6, 6.07) is 3.18. The molecule has 0 bridgehead atoms. The van der Waals surface area contributed by atoms with Gasteiger partial charge in [0, 0.05) is 17.8 Å². The van der Waals surface area contributed by atoms with Gasteiger partial charge >= 0.3 is 0 Å². The summed E-state index contributed by atoms with van der Waals surface area (Å²) in [6.07, 6.45) is 1.93. The Hall–Kier alpha value is -1.67. The Morgan fingerprint density at radius 2 is 2.10 bits per heavy atom. The van der Waals surface area contributed by atoms with Crippen LogP contribution in [0.5, 0.6) is 0 Å². The van der Waals surface area contributed by atoms with Gasteiger partial charge in [-0.15, -0.1) is 0 Å². The van der Waals surface area contributed by atoms with Crippen LogP contribution in [0.25, 0.3) is 0 Å². The number of carbonyl (C=O) groups is 1. The molecule has 0 atom stereocenters. The molecule has 0 aliphatic rings. The molecule has 0 aromatic carbocycles. The van der Waals surface area contributed by atoms with E-state index in [1.165, 1.54) is 6.07 Å². The smallest absolute Gasteiger partial charge is 0.251 e. The third kappa shape index (κ3) is 5.98. The van der Waals surface area contributed by atoms with Crippen molar-refractivity contribution in [2.75, 3.05) is 18.0 Å². The molecule has 0 aliphatic heterocycles. The molecule has 1 rings (SSSR count). The van der Waals surface area contributed by atoms with Crippen LogP contribution in [0.15, 0.2) is 12.1 Å². The number of nitrogens with one attached hydrogen (secondary N) is 1. The monoisotopic (exact) mass is 300 g/mol. The van der Waals surface area contributed by atoms with Gasteiger partial charge < -0.3 is 11.1 Å². The molecule has 0 aliphatic carbocycles. The Balaban J connectivity index is 2.59. The van der Waals surface area contributed by atoms with Crippen LogP contribution in [-0.4, -0.2) is 31.6 Å². The minimum atomic E-state index is -3.49. The Morgan fingerprint density at radius 1 is 1.40 bits per heavy atom. The molecule has 0 saturated carbocycles. The SMILES string of the molecule is CCCc1cc(C(=O)NCCCS(N)(=O)=O)cc(N)n1. The largest absolute Gasteiger partial charge is 0.384 e. The van der Waals surface area contributed by atoms with E-state index in [4.69, 9.17) is 10.9 Å². The number of pyridine rings is 1. The predicted octanol–water partition coefficient (Wildman–Crippen LogP) is 0.0247. The second-order valence-electron chi connectivity index (χ2n) is 4.50. The first-order chi connectivity index (χ1) is 9.31. The van der Waals surface area contributed by atoms with Gasteiger partial charge in [-0.05, 0) is 25.0 Å². The van der Waals surface area contributed by atoms with Crippen molar-refractivity contribution < 1.29 is 13.2 Å². The number of nitrogens with zero attached hydrogens (tertiary/aromatic N) is 1. The summed E-state index contributed by atoms with van der Waals surface area (Å²) in [5.41, 5.74) is 6.85. The van der Waals surface area contributed by atoms with Crippen molar-refractivity contribution in [1.82, 2.24) is 10.3 Å². The first-order valence-electron chi connectivity index (χ1n) is 6.37. The lowest BCUT2D eigenvalue weighted by Crippen LogP contribution is -2.27. The number of anilines is 1. The molecule has 8 heteroatoms. The second kappa shape index (κ2) is 7.20. The highest BCUT2D eigenvalue weighted by atomic mass is 32.2. The molecular weight excluding hydrogens is 280 g/mol. The predicted molar refractivity (Wildman–Crippen MR) is 77.6 cm³/mol. The first kappa shape index (κ1) is 16.4.